The number of carbonyl (C=O) groups excluding carboxylic acids is 1. The van der Waals surface area contributed by atoms with Crippen LogP contribution < -0.4 is 0 Å². The van der Waals surface area contributed by atoms with Crippen molar-refractivity contribution in [3.05, 3.63) is 0 Å². The summed E-state index contributed by atoms with van der Waals surface area (Å²) < 4.78 is 37.1. The lowest BCUT2D eigenvalue weighted by atomic mass is 10.0. The van der Waals surface area contributed by atoms with Gasteiger partial charge >= 0.3 is 6.18 Å². The average Bonchev–Trinajstić information content (AvgIpc) is 2.08. The standard InChI is InChI=1S/C11H19F3N2O/c1-7(2)8(9(17)11(12,13)14)15-16(6)10(3,4)5/h7H,1-6H3/b15-8-. The van der Waals surface area contributed by atoms with Crippen molar-refractivity contribution in [2.75, 3.05) is 7.05 Å². The molecule has 0 radical (unpaired) electrons. The van der Waals surface area contributed by atoms with Crippen molar-refractivity contribution in [1.29, 1.82) is 0 Å². The number of halogens is 3. The molecule has 0 aromatic carbocycles. The van der Waals surface area contributed by atoms with E-state index in [1.165, 1.54) is 18.9 Å². The minimum absolute atomic E-state index is 0.438. The molecule has 0 N–H and O–H groups in total. The maximum absolute atomic E-state index is 12.4. The van der Waals surface area contributed by atoms with Gasteiger partial charge < -0.3 is 0 Å². The van der Waals surface area contributed by atoms with Crippen LogP contribution >= 0.6 is 0 Å². The summed E-state index contributed by atoms with van der Waals surface area (Å²) in [5.41, 5.74) is -0.902. The van der Waals surface area contributed by atoms with Gasteiger partial charge in [-0.05, 0) is 20.8 Å². The Bertz CT molecular complexity index is 314. The topological polar surface area (TPSA) is 32.7 Å². The van der Waals surface area contributed by atoms with E-state index in [1.54, 1.807) is 27.8 Å². The predicted octanol–water partition coefficient (Wildman–Crippen LogP) is 2.86. The van der Waals surface area contributed by atoms with Crippen molar-refractivity contribution in [3.63, 3.8) is 0 Å². The van der Waals surface area contributed by atoms with Crippen molar-refractivity contribution < 1.29 is 18.0 Å². The van der Waals surface area contributed by atoms with Gasteiger partial charge in [0.1, 0.15) is 5.71 Å². The third-order valence-electron chi connectivity index (χ3n) is 2.27. The molecule has 0 heterocycles. The fourth-order valence-corrected chi connectivity index (χ4v) is 0.880. The molecule has 3 nitrogen and oxygen atoms in total. The quantitative estimate of drug-likeness (QED) is 0.571. The second kappa shape index (κ2) is 5.06. The van der Waals surface area contributed by atoms with E-state index in [9.17, 15) is 18.0 Å². The van der Waals surface area contributed by atoms with E-state index in [2.05, 4.69) is 5.10 Å². The highest BCUT2D eigenvalue weighted by Crippen LogP contribution is 2.21. The Kier molecular flexibility index (Phi) is 4.74. The molecule has 0 bridgehead atoms. The molecule has 0 fully saturated rings. The van der Waals surface area contributed by atoms with Gasteiger partial charge in [0.25, 0.3) is 5.78 Å². The summed E-state index contributed by atoms with van der Waals surface area (Å²) in [6, 6.07) is 0. The lowest BCUT2D eigenvalue weighted by molar-refractivity contribution is -0.163. The summed E-state index contributed by atoms with van der Waals surface area (Å²) >= 11 is 0. The van der Waals surface area contributed by atoms with Crippen molar-refractivity contribution in [2.45, 2.75) is 46.3 Å². The number of carbonyl (C=O) groups is 1. The second-order valence-corrected chi connectivity index (χ2v) is 5.16. The molecule has 0 aliphatic heterocycles. The van der Waals surface area contributed by atoms with E-state index < -0.39 is 29.1 Å². The Morgan fingerprint density at radius 2 is 1.59 bits per heavy atom. The van der Waals surface area contributed by atoms with Gasteiger partial charge in [0, 0.05) is 18.5 Å². The number of ketones is 1. The number of rotatable bonds is 3. The molecular weight excluding hydrogens is 233 g/mol. The molecule has 100 valence electrons. The van der Waals surface area contributed by atoms with Crippen LogP contribution in [0.15, 0.2) is 5.10 Å². The van der Waals surface area contributed by atoms with E-state index in [-0.39, 0.29) is 0 Å². The number of hydrogen-bond acceptors (Lipinski definition) is 3. The number of hydrazone groups is 1. The highest BCUT2D eigenvalue weighted by molar-refractivity contribution is 6.42. The molecule has 0 saturated carbocycles. The molecule has 0 aromatic heterocycles. The summed E-state index contributed by atoms with van der Waals surface area (Å²) in [4.78, 5) is 11.2. The fraction of sp³-hybridized carbons (Fsp3) is 0.818. The summed E-state index contributed by atoms with van der Waals surface area (Å²) in [6.45, 7) is 8.42. The largest absolute Gasteiger partial charge is 0.456 e. The van der Waals surface area contributed by atoms with E-state index >= 15 is 0 Å². The first-order chi connectivity index (χ1) is 7.37. The van der Waals surface area contributed by atoms with Gasteiger partial charge in [0.2, 0.25) is 0 Å². The van der Waals surface area contributed by atoms with Crippen molar-refractivity contribution in [3.8, 4) is 0 Å². The molecule has 0 aliphatic rings. The van der Waals surface area contributed by atoms with Gasteiger partial charge in [-0.15, -0.1) is 0 Å². The van der Waals surface area contributed by atoms with Gasteiger partial charge in [-0.3, -0.25) is 9.80 Å². The van der Waals surface area contributed by atoms with E-state index in [0.717, 1.165) is 0 Å². The second-order valence-electron chi connectivity index (χ2n) is 5.16. The van der Waals surface area contributed by atoms with Gasteiger partial charge in [-0.25, -0.2) is 0 Å². The van der Waals surface area contributed by atoms with Gasteiger partial charge in [0.15, 0.2) is 0 Å². The van der Waals surface area contributed by atoms with Crippen LogP contribution in [0, 0.1) is 5.92 Å². The van der Waals surface area contributed by atoms with Crippen LogP contribution in [0.2, 0.25) is 0 Å². The average molecular weight is 252 g/mol. The highest BCUT2D eigenvalue weighted by Gasteiger charge is 2.43. The molecule has 0 aliphatic carbocycles. The zero-order valence-corrected chi connectivity index (χ0v) is 11.0. The zero-order valence-electron chi connectivity index (χ0n) is 11.0. The molecular formula is C11H19F3N2O. The summed E-state index contributed by atoms with van der Waals surface area (Å²) in [5, 5.41) is 5.16. The van der Waals surface area contributed by atoms with Crippen LogP contribution in [-0.4, -0.2) is 35.3 Å². The summed E-state index contributed by atoms with van der Waals surface area (Å²) in [7, 11) is 1.55. The van der Waals surface area contributed by atoms with E-state index in [1.807, 2.05) is 0 Å². The Balaban J connectivity index is 5.27. The smallest absolute Gasteiger partial charge is 0.294 e. The molecule has 0 amide bonds. The molecule has 17 heavy (non-hydrogen) atoms. The number of nitrogens with zero attached hydrogens (tertiary/aromatic N) is 2. The predicted molar refractivity (Wildman–Crippen MR) is 60.9 cm³/mol. The zero-order chi connectivity index (χ0) is 14.0. The third kappa shape index (κ3) is 4.75. The van der Waals surface area contributed by atoms with Crippen LogP contribution in [0.5, 0.6) is 0 Å². The Morgan fingerprint density at radius 3 is 1.82 bits per heavy atom. The molecule has 0 atom stereocenters. The number of hydrogen-bond donors (Lipinski definition) is 0. The minimum atomic E-state index is -4.87. The lowest BCUT2D eigenvalue weighted by Gasteiger charge is -2.30. The lowest BCUT2D eigenvalue weighted by Crippen LogP contribution is -2.39. The number of Topliss-reactive ketones (excluding diaryl/α,β-unsaturated/α-hetero) is 1. The van der Waals surface area contributed by atoms with Crippen molar-refractivity contribution >= 4 is 11.5 Å². The maximum Gasteiger partial charge on any atom is 0.456 e. The van der Waals surface area contributed by atoms with Crippen LogP contribution in [0.1, 0.15) is 34.6 Å². The first-order valence-electron chi connectivity index (χ1n) is 5.31. The normalized spacial score (nSPS) is 14.1. The molecule has 0 aromatic rings. The summed E-state index contributed by atoms with van der Waals surface area (Å²) in [6.07, 6.45) is -4.87. The molecule has 6 heteroatoms. The molecule has 0 rings (SSSR count). The first-order valence-corrected chi connectivity index (χ1v) is 5.31. The highest BCUT2D eigenvalue weighted by atomic mass is 19.4. The van der Waals surface area contributed by atoms with Gasteiger partial charge in [0.05, 0.1) is 0 Å². The van der Waals surface area contributed by atoms with E-state index in [4.69, 9.17) is 0 Å². The van der Waals surface area contributed by atoms with E-state index in [0.29, 0.717) is 0 Å². The molecule has 0 spiro atoms. The van der Waals surface area contributed by atoms with Crippen LogP contribution in [0.3, 0.4) is 0 Å². The van der Waals surface area contributed by atoms with Crippen molar-refractivity contribution in [2.24, 2.45) is 11.0 Å². The Hall–Kier alpha value is -1.07. The van der Waals surface area contributed by atoms with Gasteiger partial charge in [-0.2, -0.15) is 18.3 Å². The van der Waals surface area contributed by atoms with Gasteiger partial charge in [-0.1, -0.05) is 13.8 Å². The number of alkyl halides is 3. The van der Waals surface area contributed by atoms with Crippen LogP contribution in [-0.2, 0) is 4.79 Å². The van der Waals surface area contributed by atoms with Crippen LogP contribution in [0.25, 0.3) is 0 Å². The molecule has 0 saturated heterocycles. The Labute approximate surface area is 99.7 Å². The minimum Gasteiger partial charge on any atom is -0.294 e. The SMILES string of the molecule is CC(C)/C(=N/N(C)C(C)(C)C)C(=O)C(F)(F)F. The third-order valence-corrected chi connectivity index (χ3v) is 2.27. The molecule has 0 unspecified atom stereocenters. The Morgan fingerprint density at radius 1 is 1.18 bits per heavy atom. The maximum atomic E-state index is 12.4. The van der Waals surface area contributed by atoms with Crippen molar-refractivity contribution in [1.82, 2.24) is 5.01 Å². The monoisotopic (exact) mass is 252 g/mol. The fourth-order valence-electron chi connectivity index (χ4n) is 0.880. The first kappa shape index (κ1) is 15.9. The summed E-state index contributed by atoms with van der Waals surface area (Å²) in [5.74, 6) is -2.45. The van der Waals surface area contributed by atoms with Crippen LogP contribution in [0.4, 0.5) is 13.2 Å².